The number of hydrogen-bond acceptors (Lipinski definition) is 5. The van der Waals surface area contributed by atoms with Gasteiger partial charge in [0, 0.05) is 6.54 Å². The normalized spacial score (nSPS) is 12.9. The van der Waals surface area contributed by atoms with Gasteiger partial charge < -0.3 is 10.2 Å². The SMILES string of the molecule is CN(C)C(CNC(=O)c1nnn(-c2cccc(F)c2)c1C(F)(F)F)c1ccsc1. The fraction of sp³-hybridized carbons (Fsp3) is 0.278. The summed E-state index contributed by atoms with van der Waals surface area (Å²) in [6.45, 7) is 0.0761. The quantitative estimate of drug-likeness (QED) is 0.612. The van der Waals surface area contributed by atoms with Crippen LogP contribution in [-0.2, 0) is 6.18 Å². The molecule has 6 nitrogen and oxygen atoms in total. The smallest absolute Gasteiger partial charge is 0.349 e. The van der Waals surface area contributed by atoms with E-state index in [1.807, 2.05) is 21.7 Å². The molecule has 2 heterocycles. The summed E-state index contributed by atoms with van der Waals surface area (Å²) in [7, 11) is 3.60. The van der Waals surface area contributed by atoms with E-state index in [1.54, 1.807) is 14.1 Å². The number of amides is 1. The van der Waals surface area contributed by atoms with E-state index in [4.69, 9.17) is 0 Å². The van der Waals surface area contributed by atoms with Crippen LogP contribution in [0.25, 0.3) is 5.69 Å². The molecular formula is C18H17F4N5OS. The number of likely N-dealkylation sites (N-methyl/N-ethyl adjacent to an activating group) is 1. The molecule has 0 aliphatic heterocycles. The highest BCUT2D eigenvalue weighted by atomic mass is 32.1. The number of nitrogens with one attached hydrogen (secondary N) is 1. The highest BCUT2D eigenvalue weighted by Gasteiger charge is 2.42. The fourth-order valence-corrected chi connectivity index (χ4v) is 3.52. The molecule has 0 aliphatic carbocycles. The molecule has 3 rings (SSSR count). The Morgan fingerprint density at radius 1 is 1.31 bits per heavy atom. The first-order valence-corrected chi connectivity index (χ1v) is 9.38. The lowest BCUT2D eigenvalue weighted by atomic mass is 10.1. The average molecular weight is 427 g/mol. The number of carbonyl (C=O) groups is 1. The monoisotopic (exact) mass is 427 g/mol. The molecule has 1 unspecified atom stereocenters. The van der Waals surface area contributed by atoms with Crippen molar-refractivity contribution in [3.8, 4) is 5.69 Å². The van der Waals surface area contributed by atoms with Gasteiger partial charge in [-0.05, 0) is 54.7 Å². The standard InChI is InChI=1S/C18H17F4N5OS/c1-26(2)14(11-6-7-29-10-11)9-23-17(28)15-16(18(20,21)22)27(25-24-15)13-5-3-4-12(19)8-13/h3-8,10,14H,9H2,1-2H3,(H,23,28). The predicted molar refractivity (Wildman–Crippen MR) is 99.4 cm³/mol. The molecule has 2 aromatic heterocycles. The molecule has 0 radical (unpaired) electrons. The summed E-state index contributed by atoms with van der Waals surface area (Å²) in [5.74, 6) is -1.75. The molecule has 154 valence electrons. The molecule has 0 saturated carbocycles. The molecule has 0 saturated heterocycles. The highest BCUT2D eigenvalue weighted by molar-refractivity contribution is 7.07. The number of nitrogens with zero attached hydrogens (tertiary/aromatic N) is 4. The van der Waals surface area contributed by atoms with Crippen molar-refractivity contribution in [3.05, 3.63) is 63.9 Å². The van der Waals surface area contributed by atoms with Crippen molar-refractivity contribution >= 4 is 17.2 Å². The van der Waals surface area contributed by atoms with E-state index < -0.39 is 29.3 Å². The van der Waals surface area contributed by atoms with Crippen LogP contribution in [0, 0.1) is 5.82 Å². The summed E-state index contributed by atoms with van der Waals surface area (Å²) < 4.78 is 54.8. The summed E-state index contributed by atoms with van der Waals surface area (Å²) in [6.07, 6.45) is -4.92. The molecule has 0 bridgehead atoms. The van der Waals surface area contributed by atoms with Gasteiger partial charge in [0.15, 0.2) is 11.4 Å². The number of hydrogen-bond donors (Lipinski definition) is 1. The summed E-state index contributed by atoms with van der Waals surface area (Å²) >= 11 is 1.48. The number of alkyl halides is 3. The van der Waals surface area contributed by atoms with Gasteiger partial charge in [-0.25, -0.2) is 9.07 Å². The third-order valence-corrected chi connectivity index (χ3v) is 4.92. The lowest BCUT2D eigenvalue weighted by molar-refractivity contribution is -0.143. The Bertz CT molecular complexity index is 985. The molecule has 11 heteroatoms. The van der Waals surface area contributed by atoms with Gasteiger partial charge in [0.25, 0.3) is 5.91 Å². The van der Waals surface area contributed by atoms with Crippen molar-refractivity contribution in [2.45, 2.75) is 12.2 Å². The number of halogens is 4. The van der Waals surface area contributed by atoms with Crippen LogP contribution in [0.4, 0.5) is 17.6 Å². The minimum Gasteiger partial charge on any atom is -0.349 e. The van der Waals surface area contributed by atoms with Gasteiger partial charge in [0.1, 0.15) is 5.82 Å². The summed E-state index contributed by atoms with van der Waals surface area (Å²) in [6, 6.07) is 6.11. The van der Waals surface area contributed by atoms with E-state index in [0.29, 0.717) is 4.68 Å². The van der Waals surface area contributed by atoms with E-state index >= 15 is 0 Å². The van der Waals surface area contributed by atoms with Crippen LogP contribution in [0.3, 0.4) is 0 Å². The molecule has 1 aromatic carbocycles. The average Bonchev–Trinajstić information content (AvgIpc) is 3.31. The van der Waals surface area contributed by atoms with Crippen molar-refractivity contribution in [3.63, 3.8) is 0 Å². The highest BCUT2D eigenvalue weighted by Crippen LogP contribution is 2.33. The van der Waals surface area contributed by atoms with E-state index in [0.717, 1.165) is 17.7 Å². The van der Waals surface area contributed by atoms with E-state index in [2.05, 4.69) is 15.6 Å². The van der Waals surface area contributed by atoms with Gasteiger partial charge in [0.2, 0.25) is 0 Å². The van der Waals surface area contributed by atoms with Crippen LogP contribution in [-0.4, -0.2) is 46.4 Å². The molecular weight excluding hydrogens is 410 g/mol. The first kappa shape index (κ1) is 20.9. The second-order valence-corrected chi connectivity index (χ2v) is 7.20. The molecule has 1 amide bonds. The Hall–Kier alpha value is -2.79. The molecule has 1 N–H and O–H groups in total. The first-order valence-electron chi connectivity index (χ1n) is 8.44. The molecule has 1 atom stereocenters. The van der Waals surface area contributed by atoms with Gasteiger partial charge in [0.05, 0.1) is 11.7 Å². The van der Waals surface area contributed by atoms with E-state index in [9.17, 15) is 22.4 Å². The maximum atomic E-state index is 13.7. The van der Waals surface area contributed by atoms with Crippen molar-refractivity contribution in [1.82, 2.24) is 25.2 Å². The van der Waals surface area contributed by atoms with Crippen molar-refractivity contribution < 1.29 is 22.4 Å². The minimum absolute atomic E-state index is 0.0761. The third kappa shape index (κ3) is 4.62. The maximum absolute atomic E-state index is 13.7. The van der Waals surface area contributed by atoms with Crippen molar-refractivity contribution in [2.75, 3.05) is 20.6 Å². The molecule has 0 aliphatic rings. The molecule has 3 aromatic rings. The van der Waals surface area contributed by atoms with Gasteiger partial charge in [-0.3, -0.25) is 4.79 Å². The Balaban J connectivity index is 1.89. The number of carbonyl (C=O) groups excluding carboxylic acids is 1. The largest absolute Gasteiger partial charge is 0.435 e. The Morgan fingerprint density at radius 2 is 2.07 bits per heavy atom. The number of benzene rings is 1. The van der Waals surface area contributed by atoms with Gasteiger partial charge in [-0.1, -0.05) is 11.3 Å². The second-order valence-electron chi connectivity index (χ2n) is 6.42. The lowest BCUT2D eigenvalue weighted by Crippen LogP contribution is -2.35. The van der Waals surface area contributed by atoms with Crippen LogP contribution in [0.1, 0.15) is 27.8 Å². The van der Waals surface area contributed by atoms with Crippen LogP contribution in [0.15, 0.2) is 41.1 Å². The van der Waals surface area contributed by atoms with Crippen LogP contribution in [0.2, 0.25) is 0 Å². The molecule has 0 spiro atoms. The zero-order valence-corrected chi connectivity index (χ0v) is 16.3. The summed E-state index contributed by atoms with van der Waals surface area (Å²) in [5.41, 5.74) is -1.49. The zero-order valence-electron chi connectivity index (χ0n) is 15.4. The van der Waals surface area contributed by atoms with Gasteiger partial charge in [-0.2, -0.15) is 24.5 Å². The number of rotatable bonds is 6. The topological polar surface area (TPSA) is 63.1 Å². The maximum Gasteiger partial charge on any atom is 0.435 e. The zero-order chi connectivity index (χ0) is 21.2. The lowest BCUT2D eigenvalue weighted by Gasteiger charge is -2.23. The Labute approximate surface area is 167 Å². The molecule has 0 fully saturated rings. The van der Waals surface area contributed by atoms with Crippen LogP contribution >= 0.6 is 11.3 Å². The Morgan fingerprint density at radius 3 is 2.66 bits per heavy atom. The van der Waals surface area contributed by atoms with Crippen molar-refractivity contribution in [1.29, 1.82) is 0 Å². The fourth-order valence-electron chi connectivity index (χ4n) is 2.81. The predicted octanol–water partition coefficient (Wildman–Crippen LogP) is 3.52. The van der Waals surface area contributed by atoms with E-state index in [1.165, 1.54) is 23.5 Å². The minimum atomic E-state index is -4.92. The van der Waals surface area contributed by atoms with Gasteiger partial charge >= 0.3 is 6.18 Å². The second kappa shape index (κ2) is 8.29. The third-order valence-electron chi connectivity index (χ3n) is 4.21. The van der Waals surface area contributed by atoms with Crippen LogP contribution < -0.4 is 5.32 Å². The summed E-state index contributed by atoms with van der Waals surface area (Å²) in [5, 5.41) is 13.1. The molecule has 29 heavy (non-hydrogen) atoms. The number of thiophene rings is 1. The number of aromatic nitrogens is 3. The summed E-state index contributed by atoms with van der Waals surface area (Å²) in [4.78, 5) is 14.3. The Kier molecular flexibility index (Phi) is 5.99. The first-order chi connectivity index (χ1) is 13.7. The van der Waals surface area contributed by atoms with Crippen molar-refractivity contribution in [2.24, 2.45) is 0 Å². The van der Waals surface area contributed by atoms with Gasteiger partial charge in [-0.15, -0.1) is 5.10 Å². The van der Waals surface area contributed by atoms with Crippen LogP contribution in [0.5, 0.6) is 0 Å². The van der Waals surface area contributed by atoms with E-state index in [-0.39, 0.29) is 18.3 Å².